The Balaban J connectivity index is 1.39. The predicted molar refractivity (Wildman–Crippen MR) is 132 cm³/mol. The minimum absolute atomic E-state index is 0.0764. The van der Waals surface area contributed by atoms with Gasteiger partial charge in [0.05, 0.1) is 12.5 Å². The first-order valence-electron chi connectivity index (χ1n) is 13.0. The van der Waals surface area contributed by atoms with E-state index in [4.69, 9.17) is 4.74 Å². The van der Waals surface area contributed by atoms with Gasteiger partial charge in [0.25, 0.3) is 0 Å². The molecule has 1 heterocycles. The van der Waals surface area contributed by atoms with Crippen molar-refractivity contribution in [3.05, 3.63) is 35.9 Å². The molecule has 8 heteroatoms. The van der Waals surface area contributed by atoms with Gasteiger partial charge in [0, 0.05) is 18.4 Å². The largest absolute Gasteiger partial charge is 0.460 e. The molecular weight excluding hydrogens is 458 g/mol. The molecule has 1 aliphatic heterocycles. The third-order valence-corrected chi connectivity index (χ3v) is 9.26. The zero-order valence-corrected chi connectivity index (χ0v) is 21.4. The summed E-state index contributed by atoms with van der Waals surface area (Å²) in [5.41, 5.74) is 0.807. The van der Waals surface area contributed by atoms with Crippen LogP contribution in [0.4, 0.5) is 0 Å². The average Bonchev–Trinajstić information content (AvgIpc) is 3.47. The van der Waals surface area contributed by atoms with Gasteiger partial charge in [0.1, 0.15) is 24.3 Å². The molecule has 6 atom stereocenters. The number of nitrogens with one attached hydrogen (secondary N) is 1. The summed E-state index contributed by atoms with van der Waals surface area (Å²) in [5, 5.41) is 22.2. The monoisotopic (exact) mass is 495 g/mol. The van der Waals surface area contributed by atoms with Crippen LogP contribution in [0.1, 0.15) is 64.9 Å². The van der Waals surface area contributed by atoms with Gasteiger partial charge in [-0.25, -0.2) is 4.79 Å². The van der Waals surface area contributed by atoms with Crippen LogP contribution in [-0.4, -0.2) is 58.6 Å². The van der Waals surface area contributed by atoms with E-state index in [2.05, 4.69) is 26.1 Å². The van der Waals surface area contributed by atoms with Crippen LogP contribution in [0, 0.1) is 28.1 Å². The van der Waals surface area contributed by atoms with Crippen LogP contribution in [0.2, 0.25) is 0 Å². The SMILES string of the molecule is CC1(C)C2CCC1(C)C(OC(=O)C1CCCN1C(=O)C(CC#N)NC(=O)C(O)Cc1ccccc1)C2. The summed E-state index contributed by atoms with van der Waals surface area (Å²) in [6, 6.07) is 9.14. The van der Waals surface area contributed by atoms with Crippen molar-refractivity contribution in [1.29, 1.82) is 5.26 Å². The van der Waals surface area contributed by atoms with Gasteiger partial charge in [-0.15, -0.1) is 0 Å². The van der Waals surface area contributed by atoms with Crippen LogP contribution in [0.3, 0.4) is 0 Å². The van der Waals surface area contributed by atoms with E-state index in [-0.39, 0.29) is 29.8 Å². The van der Waals surface area contributed by atoms with Gasteiger partial charge >= 0.3 is 5.97 Å². The first-order chi connectivity index (χ1) is 17.1. The molecular formula is C28H37N3O5. The van der Waals surface area contributed by atoms with Crippen molar-refractivity contribution in [2.24, 2.45) is 16.7 Å². The average molecular weight is 496 g/mol. The topological polar surface area (TPSA) is 120 Å². The summed E-state index contributed by atoms with van der Waals surface area (Å²) in [6.45, 7) is 7.07. The molecule has 0 spiro atoms. The van der Waals surface area contributed by atoms with Crippen molar-refractivity contribution in [3.63, 3.8) is 0 Å². The van der Waals surface area contributed by atoms with Crippen molar-refractivity contribution < 1.29 is 24.2 Å². The number of amides is 2. The molecule has 2 amide bonds. The standard InChI is InChI=1S/C28H37N3O5/c1-27(2)19-11-13-28(27,3)23(17-19)36-26(35)21-10-7-15-31(21)25(34)20(12-14-29)30-24(33)22(32)16-18-8-5-4-6-9-18/h4-6,8-9,19-23,32H,7,10-13,15-17H2,1-3H3,(H,30,33). The maximum Gasteiger partial charge on any atom is 0.329 e. The van der Waals surface area contributed by atoms with Gasteiger partial charge in [-0.05, 0) is 49.0 Å². The molecule has 1 aromatic rings. The molecule has 1 saturated heterocycles. The highest BCUT2D eigenvalue weighted by Crippen LogP contribution is 2.66. The van der Waals surface area contributed by atoms with E-state index >= 15 is 0 Å². The number of nitriles is 1. The molecule has 3 fully saturated rings. The first kappa shape index (κ1) is 26.2. The summed E-state index contributed by atoms with van der Waals surface area (Å²) in [7, 11) is 0. The van der Waals surface area contributed by atoms with E-state index in [1.54, 1.807) is 12.1 Å². The molecule has 8 nitrogen and oxygen atoms in total. The molecule has 6 unspecified atom stereocenters. The number of nitrogens with zero attached hydrogens (tertiary/aromatic N) is 2. The molecule has 4 rings (SSSR count). The van der Waals surface area contributed by atoms with E-state index in [9.17, 15) is 24.8 Å². The second-order valence-electron chi connectivity index (χ2n) is 11.4. The number of rotatable bonds is 8. The fourth-order valence-electron chi connectivity index (χ4n) is 6.49. The molecule has 194 valence electrons. The van der Waals surface area contributed by atoms with E-state index in [0.717, 1.165) is 24.8 Å². The number of hydrogen-bond donors (Lipinski definition) is 2. The number of fused-ring (bicyclic) bond motifs is 2. The van der Waals surface area contributed by atoms with Crippen LogP contribution < -0.4 is 5.32 Å². The van der Waals surface area contributed by atoms with Crippen LogP contribution in [0.25, 0.3) is 0 Å². The molecule has 0 radical (unpaired) electrons. The number of esters is 1. The molecule has 2 bridgehead atoms. The third-order valence-electron chi connectivity index (χ3n) is 9.26. The van der Waals surface area contributed by atoms with Crippen molar-refractivity contribution >= 4 is 17.8 Å². The van der Waals surface area contributed by atoms with Crippen LogP contribution in [-0.2, 0) is 25.5 Å². The molecule has 2 aliphatic carbocycles. The van der Waals surface area contributed by atoms with Gasteiger partial charge < -0.3 is 20.1 Å². The molecule has 3 aliphatic rings. The number of aliphatic hydroxyl groups is 1. The Hall–Kier alpha value is -2.92. The summed E-state index contributed by atoms with van der Waals surface area (Å²) < 4.78 is 6.05. The van der Waals surface area contributed by atoms with Gasteiger partial charge in [0.15, 0.2) is 0 Å². The molecule has 2 N–H and O–H groups in total. The maximum absolute atomic E-state index is 13.4. The lowest BCUT2D eigenvalue weighted by atomic mass is 9.70. The van der Waals surface area contributed by atoms with Crippen molar-refractivity contribution in [1.82, 2.24) is 10.2 Å². The van der Waals surface area contributed by atoms with Crippen LogP contribution >= 0.6 is 0 Å². The number of carbonyl (C=O) groups is 3. The van der Waals surface area contributed by atoms with Crippen LogP contribution in [0.5, 0.6) is 0 Å². The summed E-state index contributed by atoms with van der Waals surface area (Å²) in [5.74, 6) is -1.08. The lowest BCUT2D eigenvalue weighted by Gasteiger charge is -2.39. The Bertz CT molecular complexity index is 1040. The number of hydrogen-bond acceptors (Lipinski definition) is 6. The number of likely N-dealkylation sites (tertiary alicyclic amines) is 1. The Labute approximate surface area is 213 Å². The van der Waals surface area contributed by atoms with Gasteiger partial charge in [-0.1, -0.05) is 51.1 Å². The number of ether oxygens (including phenoxy) is 1. The lowest BCUT2D eigenvalue weighted by Crippen LogP contribution is -2.54. The molecule has 1 aromatic carbocycles. The van der Waals surface area contributed by atoms with E-state index in [1.165, 1.54) is 4.90 Å². The first-order valence-corrected chi connectivity index (χ1v) is 13.0. The quantitative estimate of drug-likeness (QED) is 0.535. The smallest absolute Gasteiger partial charge is 0.329 e. The fraction of sp³-hybridized carbons (Fsp3) is 0.643. The highest BCUT2D eigenvalue weighted by atomic mass is 16.5. The zero-order chi connectivity index (χ0) is 26.1. The Morgan fingerprint density at radius 2 is 1.94 bits per heavy atom. The van der Waals surface area contributed by atoms with Crippen molar-refractivity contribution in [2.45, 2.75) is 90.0 Å². The lowest BCUT2D eigenvalue weighted by molar-refractivity contribution is -0.165. The van der Waals surface area contributed by atoms with E-state index in [0.29, 0.717) is 25.3 Å². The maximum atomic E-state index is 13.4. The zero-order valence-electron chi connectivity index (χ0n) is 21.4. The highest BCUT2D eigenvalue weighted by Gasteiger charge is 2.63. The number of aliphatic hydroxyl groups excluding tert-OH is 1. The number of carbonyl (C=O) groups excluding carboxylic acids is 3. The van der Waals surface area contributed by atoms with E-state index < -0.39 is 36.0 Å². The van der Waals surface area contributed by atoms with Gasteiger partial charge in [0.2, 0.25) is 11.8 Å². The summed E-state index contributed by atoms with van der Waals surface area (Å²) in [4.78, 5) is 40.7. The molecule has 2 saturated carbocycles. The highest BCUT2D eigenvalue weighted by molar-refractivity contribution is 5.92. The molecule has 0 aromatic heterocycles. The molecule has 36 heavy (non-hydrogen) atoms. The fourth-order valence-corrected chi connectivity index (χ4v) is 6.49. The normalized spacial score (nSPS) is 29.9. The Kier molecular flexibility index (Phi) is 7.42. The van der Waals surface area contributed by atoms with Gasteiger partial charge in [-0.3, -0.25) is 9.59 Å². The van der Waals surface area contributed by atoms with E-state index in [1.807, 2.05) is 24.3 Å². The predicted octanol–water partition coefficient (Wildman–Crippen LogP) is 2.74. The minimum atomic E-state index is -1.36. The number of benzene rings is 1. The minimum Gasteiger partial charge on any atom is -0.460 e. The van der Waals surface area contributed by atoms with Crippen molar-refractivity contribution in [2.75, 3.05) is 6.54 Å². The van der Waals surface area contributed by atoms with Crippen LogP contribution in [0.15, 0.2) is 30.3 Å². The second-order valence-corrected chi connectivity index (χ2v) is 11.4. The Morgan fingerprint density at radius 3 is 2.56 bits per heavy atom. The second kappa shape index (κ2) is 10.2. The third kappa shape index (κ3) is 4.73. The van der Waals surface area contributed by atoms with Crippen molar-refractivity contribution in [3.8, 4) is 6.07 Å². The Morgan fingerprint density at radius 1 is 1.22 bits per heavy atom. The van der Waals surface area contributed by atoms with Gasteiger partial charge in [-0.2, -0.15) is 5.26 Å². The summed E-state index contributed by atoms with van der Waals surface area (Å²) >= 11 is 0. The summed E-state index contributed by atoms with van der Waals surface area (Å²) in [6.07, 6.45) is 2.47.